The Morgan fingerprint density at radius 2 is 2.07 bits per heavy atom. The van der Waals surface area contributed by atoms with Crippen LogP contribution in [0.2, 0.25) is 0 Å². The second-order valence-corrected chi connectivity index (χ2v) is 5.56. The fourth-order valence-corrected chi connectivity index (χ4v) is 3.17. The minimum absolute atomic E-state index is 0.592. The molecule has 1 aliphatic heterocycles. The molecule has 1 saturated heterocycles. The molecule has 0 aromatic heterocycles. The van der Waals surface area contributed by atoms with Gasteiger partial charge in [0, 0.05) is 10.5 Å². The van der Waals surface area contributed by atoms with E-state index in [1.54, 1.807) is 0 Å². The average molecular weight is 266 g/mol. The summed E-state index contributed by atoms with van der Waals surface area (Å²) in [5.41, 5.74) is 2.96. The van der Waals surface area contributed by atoms with E-state index in [1.807, 2.05) is 0 Å². The van der Waals surface area contributed by atoms with Crippen LogP contribution >= 0.6 is 15.9 Å². The molecule has 1 atom stereocenters. The lowest BCUT2D eigenvalue weighted by atomic mass is 10.0. The van der Waals surface area contributed by atoms with Crippen LogP contribution < -0.4 is 5.32 Å². The van der Waals surface area contributed by atoms with Crippen molar-refractivity contribution < 1.29 is 0 Å². The fourth-order valence-electron chi connectivity index (χ4n) is 2.45. The van der Waals surface area contributed by atoms with Crippen LogP contribution in [0.4, 0.5) is 0 Å². The Morgan fingerprint density at radius 3 is 2.67 bits per heavy atom. The molecule has 1 aliphatic carbocycles. The Kier molecular flexibility index (Phi) is 2.57. The van der Waals surface area contributed by atoms with Crippen LogP contribution in [0.5, 0.6) is 0 Å². The molecule has 2 aliphatic rings. The molecule has 3 rings (SSSR count). The third-order valence-electron chi connectivity index (χ3n) is 3.50. The van der Waals surface area contributed by atoms with Gasteiger partial charge < -0.3 is 5.32 Å². The molecule has 0 amide bonds. The molecule has 1 unspecified atom stereocenters. The molecule has 1 heterocycles. The van der Waals surface area contributed by atoms with E-state index in [4.69, 9.17) is 0 Å². The largest absolute Gasteiger partial charge is 0.310 e. The van der Waals surface area contributed by atoms with Crippen LogP contribution in [-0.2, 0) is 0 Å². The van der Waals surface area contributed by atoms with Crippen molar-refractivity contribution in [3.63, 3.8) is 0 Å². The number of rotatable bonds is 2. The lowest BCUT2D eigenvalue weighted by Gasteiger charge is -2.12. The Bertz CT molecular complexity index is 365. The molecule has 2 fully saturated rings. The van der Waals surface area contributed by atoms with E-state index < -0.39 is 0 Å². The zero-order chi connectivity index (χ0) is 10.3. The fraction of sp³-hybridized carbons (Fsp3) is 0.538. The number of hydrogen-bond acceptors (Lipinski definition) is 1. The molecule has 1 nitrogen and oxygen atoms in total. The van der Waals surface area contributed by atoms with E-state index in [0.29, 0.717) is 6.04 Å². The van der Waals surface area contributed by atoms with Crippen molar-refractivity contribution in [1.82, 2.24) is 5.32 Å². The van der Waals surface area contributed by atoms with Gasteiger partial charge in [0.15, 0.2) is 0 Å². The molecule has 2 heteroatoms. The van der Waals surface area contributed by atoms with Crippen LogP contribution in [0.15, 0.2) is 22.7 Å². The first-order valence-electron chi connectivity index (χ1n) is 5.87. The summed E-state index contributed by atoms with van der Waals surface area (Å²) >= 11 is 3.71. The van der Waals surface area contributed by atoms with Gasteiger partial charge in [0.1, 0.15) is 0 Å². The second-order valence-electron chi connectivity index (χ2n) is 4.70. The van der Waals surface area contributed by atoms with Gasteiger partial charge in [0.05, 0.1) is 0 Å². The SMILES string of the molecule is Brc1cc(C2CCCN2)ccc1C1CC1. The van der Waals surface area contributed by atoms with Gasteiger partial charge >= 0.3 is 0 Å². The zero-order valence-electron chi connectivity index (χ0n) is 8.80. The van der Waals surface area contributed by atoms with Crippen molar-refractivity contribution in [2.45, 2.75) is 37.6 Å². The van der Waals surface area contributed by atoms with Crippen LogP contribution in [0.1, 0.15) is 48.8 Å². The Labute approximate surface area is 99.4 Å². The van der Waals surface area contributed by atoms with E-state index in [2.05, 4.69) is 39.4 Å². The van der Waals surface area contributed by atoms with Gasteiger partial charge in [0.25, 0.3) is 0 Å². The summed E-state index contributed by atoms with van der Waals surface area (Å²) in [6.07, 6.45) is 5.35. The highest BCUT2D eigenvalue weighted by molar-refractivity contribution is 9.10. The van der Waals surface area contributed by atoms with Gasteiger partial charge in [-0.05, 0) is 55.3 Å². The van der Waals surface area contributed by atoms with Crippen molar-refractivity contribution in [1.29, 1.82) is 0 Å². The summed E-state index contributed by atoms with van der Waals surface area (Å²) in [5, 5.41) is 3.54. The van der Waals surface area contributed by atoms with E-state index in [-0.39, 0.29) is 0 Å². The van der Waals surface area contributed by atoms with Crippen molar-refractivity contribution in [2.75, 3.05) is 6.54 Å². The van der Waals surface area contributed by atoms with Gasteiger partial charge in [-0.25, -0.2) is 0 Å². The Hall–Kier alpha value is -0.340. The summed E-state index contributed by atoms with van der Waals surface area (Å²) in [7, 11) is 0. The molecule has 0 bridgehead atoms. The van der Waals surface area contributed by atoms with Crippen molar-refractivity contribution >= 4 is 15.9 Å². The minimum atomic E-state index is 0.592. The van der Waals surface area contributed by atoms with E-state index in [0.717, 1.165) is 5.92 Å². The minimum Gasteiger partial charge on any atom is -0.310 e. The number of hydrogen-bond donors (Lipinski definition) is 1. The maximum Gasteiger partial charge on any atom is 0.0321 e. The van der Waals surface area contributed by atoms with E-state index in [1.165, 1.54) is 47.8 Å². The first-order chi connectivity index (χ1) is 7.34. The topological polar surface area (TPSA) is 12.0 Å². The monoisotopic (exact) mass is 265 g/mol. The molecular weight excluding hydrogens is 250 g/mol. The molecular formula is C13H16BrN. The van der Waals surface area contributed by atoms with Crippen molar-refractivity contribution in [2.24, 2.45) is 0 Å². The van der Waals surface area contributed by atoms with E-state index in [9.17, 15) is 0 Å². The standard InChI is InChI=1S/C13H16BrN/c14-12-8-10(13-2-1-7-15-13)5-6-11(12)9-3-4-9/h5-6,8-9,13,15H,1-4,7H2. The average Bonchev–Trinajstić information content (AvgIpc) is 2.93. The Morgan fingerprint density at radius 1 is 1.20 bits per heavy atom. The van der Waals surface area contributed by atoms with Crippen molar-refractivity contribution in [3.05, 3.63) is 33.8 Å². The maximum atomic E-state index is 3.71. The van der Waals surface area contributed by atoms with Gasteiger partial charge in [-0.15, -0.1) is 0 Å². The van der Waals surface area contributed by atoms with Gasteiger partial charge in [-0.1, -0.05) is 28.1 Å². The first-order valence-corrected chi connectivity index (χ1v) is 6.66. The normalized spacial score (nSPS) is 25.8. The highest BCUT2D eigenvalue weighted by atomic mass is 79.9. The molecule has 80 valence electrons. The third kappa shape index (κ3) is 1.98. The smallest absolute Gasteiger partial charge is 0.0321 e. The summed E-state index contributed by atoms with van der Waals surface area (Å²) in [6.45, 7) is 1.17. The maximum absolute atomic E-state index is 3.71. The van der Waals surface area contributed by atoms with Crippen LogP contribution in [0.25, 0.3) is 0 Å². The second kappa shape index (κ2) is 3.91. The molecule has 1 aromatic rings. The van der Waals surface area contributed by atoms with Crippen LogP contribution in [-0.4, -0.2) is 6.54 Å². The summed E-state index contributed by atoms with van der Waals surface area (Å²) in [5.74, 6) is 0.838. The first kappa shape index (κ1) is 9.86. The molecule has 0 radical (unpaired) electrons. The zero-order valence-corrected chi connectivity index (χ0v) is 10.4. The highest BCUT2D eigenvalue weighted by Crippen LogP contribution is 2.44. The number of nitrogens with one attached hydrogen (secondary N) is 1. The summed E-state index contributed by atoms with van der Waals surface area (Å²) < 4.78 is 1.32. The number of halogens is 1. The van der Waals surface area contributed by atoms with Gasteiger partial charge in [-0.3, -0.25) is 0 Å². The molecule has 15 heavy (non-hydrogen) atoms. The summed E-state index contributed by atoms with van der Waals surface area (Å²) in [6, 6.07) is 7.53. The molecule has 1 saturated carbocycles. The van der Waals surface area contributed by atoms with Gasteiger partial charge in [0.2, 0.25) is 0 Å². The highest BCUT2D eigenvalue weighted by Gasteiger charge is 2.26. The third-order valence-corrected chi connectivity index (χ3v) is 4.19. The lowest BCUT2D eigenvalue weighted by Crippen LogP contribution is -2.12. The van der Waals surface area contributed by atoms with Crippen LogP contribution in [0, 0.1) is 0 Å². The summed E-state index contributed by atoms with van der Waals surface area (Å²) in [4.78, 5) is 0. The van der Waals surface area contributed by atoms with Gasteiger partial charge in [-0.2, -0.15) is 0 Å². The predicted octanol–water partition coefficient (Wildman–Crippen LogP) is 3.75. The molecule has 1 aromatic carbocycles. The Balaban J connectivity index is 1.87. The predicted molar refractivity (Wildman–Crippen MR) is 66.1 cm³/mol. The lowest BCUT2D eigenvalue weighted by molar-refractivity contribution is 0.647. The molecule has 0 spiro atoms. The van der Waals surface area contributed by atoms with Crippen LogP contribution in [0.3, 0.4) is 0 Å². The quantitative estimate of drug-likeness (QED) is 0.859. The molecule has 1 N–H and O–H groups in total. The number of benzene rings is 1. The van der Waals surface area contributed by atoms with Crippen molar-refractivity contribution in [3.8, 4) is 0 Å². The van der Waals surface area contributed by atoms with E-state index >= 15 is 0 Å².